The van der Waals surface area contributed by atoms with Crippen molar-refractivity contribution in [3.8, 4) is 0 Å². The second-order valence-corrected chi connectivity index (χ2v) is 6.10. The van der Waals surface area contributed by atoms with Gasteiger partial charge in [-0.15, -0.1) is 0 Å². The number of ether oxygens (including phenoxy) is 1. The SMILES string of the molecule is CCCOC(=O)c1ccc(NC2CCN3CCC2C3)cc1. The van der Waals surface area contributed by atoms with Gasteiger partial charge in [0.05, 0.1) is 12.2 Å². The van der Waals surface area contributed by atoms with E-state index in [1.807, 2.05) is 31.2 Å². The van der Waals surface area contributed by atoms with E-state index >= 15 is 0 Å². The average molecular weight is 288 g/mol. The molecular formula is C17H24N2O2. The van der Waals surface area contributed by atoms with Crippen molar-refractivity contribution >= 4 is 11.7 Å². The topological polar surface area (TPSA) is 41.6 Å². The molecule has 0 aromatic heterocycles. The van der Waals surface area contributed by atoms with Gasteiger partial charge < -0.3 is 15.0 Å². The van der Waals surface area contributed by atoms with E-state index in [1.165, 1.54) is 32.5 Å². The van der Waals surface area contributed by atoms with Gasteiger partial charge in [0.25, 0.3) is 0 Å². The number of carbonyl (C=O) groups is 1. The number of fused-ring (bicyclic) bond motifs is 2. The smallest absolute Gasteiger partial charge is 0.338 e. The molecule has 21 heavy (non-hydrogen) atoms. The fourth-order valence-corrected chi connectivity index (χ4v) is 3.34. The van der Waals surface area contributed by atoms with E-state index in [9.17, 15) is 4.79 Å². The highest BCUT2D eigenvalue weighted by Crippen LogP contribution is 2.29. The number of esters is 1. The number of piperidine rings is 1. The predicted molar refractivity (Wildman–Crippen MR) is 83.6 cm³/mol. The minimum absolute atomic E-state index is 0.229. The number of carbonyl (C=O) groups excluding carboxylic acids is 1. The summed E-state index contributed by atoms with van der Waals surface area (Å²) < 4.78 is 5.14. The van der Waals surface area contributed by atoms with E-state index < -0.39 is 0 Å². The Morgan fingerprint density at radius 2 is 2.05 bits per heavy atom. The Kier molecular flexibility index (Phi) is 4.44. The van der Waals surface area contributed by atoms with Crippen LogP contribution in [-0.2, 0) is 4.74 Å². The van der Waals surface area contributed by atoms with Gasteiger partial charge in [0.15, 0.2) is 0 Å². The number of benzene rings is 1. The molecule has 0 amide bonds. The maximum Gasteiger partial charge on any atom is 0.338 e. The lowest BCUT2D eigenvalue weighted by molar-refractivity contribution is 0.0505. The molecular weight excluding hydrogens is 264 g/mol. The van der Waals surface area contributed by atoms with Crippen molar-refractivity contribution in [2.45, 2.75) is 32.2 Å². The molecule has 1 N–H and O–H groups in total. The first kappa shape index (κ1) is 14.4. The molecule has 3 rings (SSSR count). The van der Waals surface area contributed by atoms with Gasteiger partial charge in [-0.25, -0.2) is 4.79 Å². The minimum atomic E-state index is -0.229. The highest BCUT2D eigenvalue weighted by molar-refractivity contribution is 5.89. The van der Waals surface area contributed by atoms with Crippen molar-refractivity contribution in [1.29, 1.82) is 0 Å². The van der Waals surface area contributed by atoms with Crippen molar-refractivity contribution in [3.63, 3.8) is 0 Å². The van der Waals surface area contributed by atoms with Gasteiger partial charge in [-0.2, -0.15) is 0 Å². The Morgan fingerprint density at radius 1 is 1.29 bits per heavy atom. The molecule has 2 saturated heterocycles. The molecule has 114 valence electrons. The molecule has 3 atom stereocenters. The van der Waals surface area contributed by atoms with Crippen molar-refractivity contribution in [3.05, 3.63) is 29.8 Å². The lowest BCUT2D eigenvalue weighted by Crippen LogP contribution is -2.39. The van der Waals surface area contributed by atoms with Crippen LogP contribution < -0.4 is 5.32 Å². The van der Waals surface area contributed by atoms with E-state index in [0.29, 0.717) is 18.2 Å². The first-order chi connectivity index (χ1) is 10.3. The summed E-state index contributed by atoms with van der Waals surface area (Å²) in [6, 6.07) is 8.25. The Labute approximate surface area is 126 Å². The van der Waals surface area contributed by atoms with E-state index in [0.717, 1.165) is 18.0 Å². The molecule has 1 aromatic carbocycles. The van der Waals surface area contributed by atoms with Crippen molar-refractivity contribution in [2.24, 2.45) is 5.92 Å². The third kappa shape index (κ3) is 3.38. The molecule has 0 saturated carbocycles. The lowest BCUT2D eigenvalue weighted by Gasteiger charge is -2.31. The van der Waals surface area contributed by atoms with Crippen LogP contribution in [0.4, 0.5) is 5.69 Å². The van der Waals surface area contributed by atoms with Gasteiger partial charge in [0.1, 0.15) is 0 Å². The molecule has 0 aliphatic carbocycles. The second kappa shape index (κ2) is 6.48. The summed E-state index contributed by atoms with van der Waals surface area (Å²) in [5, 5.41) is 3.64. The fraction of sp³-hybridized carbons (Fsp3) is 0.588. The number of hydrogen-bond donors (Lipinski definition) is 1. The van der Waals surface area contributed by atoms with E-state index in [2.05, 4.69) is 10.2 Å². The predicted octanol–water partition coefficient (Wildman–Crippen LogP) is 2.76. The van der Waals surface area contributed by atoms with Gasteiger partial charge in [0, 0.05) is 24.8 Å². The summed E-state index contributed by atoms with van der Waals surface area (Å²) in [4.78, 5) is 14.3. The van der Waals surface area contributed by atoms with Crippen LogP contribution in [0.15, 0.2) is 24.3 Å². The first-order valence-corrected chi connectivity index (χ1v) is 8.02. The Hall–Kier alpha value is -1.55. The average Bonchev–Trinajstić information content (AvgIpc) is 2.91. The molecule has 0 spiro atoms. The maximum absolute atomic E-state index is 11.8. The number of hydrogen-bond acceptors (Lipinski definition) is 4. The van der Waals surface area contributed by atoms with Crippen LogP contribution in [0.25, 0.3) is 0 Å². The zero-order valence-electron chi connectivity index (χ0n) is 12.7. The molecule has 0 radical (unpaired) electrons. The van der Waals surface area contributed by atoms with Gasteiger partial charge in [-0.1, -0.05) is 6.92 Å². The third-order valence-electron chi connectivity index (χ3n) is 4.54. The molecule has 2 aliphatic rings. The van der Waals surface area contributed by atoms with Crippen LogP contribution >= 0.6 is 0 Å². The van der Waals surface area contributed by atoms with E-state index in [-0.39, 0.29) is 5.97 Å². The first-order valence-electron chi connectivity index (χ1n) is 8.02. The van der Waals surface area contributed by atoms with Gasteiger partial charge in [0.2, 0.25) is 0 Å². The molecule has 2 heterocycles. The van der Waals surface area contributed by atoms with E-state index in [4.69, 9.17) is 4.74 Å². The maximum atomic E-state index is 11.8. The largest absolute Gasteiger partial charge is 0.462 e. The highest BCUT2D eigenvalue weighted by atomic mass is 16.5. The normalized spacial score (nSPS) is 27.4. The fourth-order valence-electron chi connectivity index (χ4n) is 3.34. The van der Waals surface area contributed by atoms with Crippen molar-refractivity contribution in [1.82, 2.24) is 4.90 Å². The Bertz CT molecular complexity index is 486. The zero-order valence-corrected chi connectivity index (χ0v) is 12.7. The summed E-state index contributed by atoms with van der Waals surface area (Å²) in [7, 11) is 0. The van der Waals surface area contributed by atoms with Crippen LogP contribution in [0.2, 0.25) is 0 Å². The Balaban J connectivity index is 1.58. The molecule has 3 unspecified atom stereocenters. The van der Waals surface area contributed by atoms with Crippen molar-refractivity contribution < 1.29 is 9.53 Å². The molecule has 2 fully saturated rings. The van der Waals surface area contributed by atoms with E-state index in [1.54, 1.807) is 0 Å². The monoisotopic (exact) mass is 288 g/mol. The van der Waals surface area contributed by atoms with Crippen molar-refractivity contribution in [2.75, 3.05) is 31.6 Å². The zero-order chi connectivity index (χ0) is 14.7. The van der Waals surface area contributed by atoms with Crippen LogP contribution in [0.1, 0.15) is 36.5 Å². The number of nitrogens with one attached hydrogen (secondary N) is 1. The summed E-state index contributed by atoms with van der Waals surface area (Å²) in [6.07, 6.45) is 3.37. The minimum Gasteiger partial charge on any atom is -0.462 e. The molecule has 4 heteroatoms. The molecule has 1 aromatic rings. The summed E-state index contributed by atoms with van der Waals surface area (Å²) in [5.74, 6) is 0.542. The lowest BCUT2D eigenvalue weighted by atomic mass is 9.94. The standard InChI is InChI=1S/C17H24N2O2/c1-2-11-21-17(20)13-3-5-15(6-4-13)18-16-8-10-19-9-7-14(16)12-19/h3-6,14,16,18H,2,7-12H2,1H3. The molecule has 4 nitrogen and oxygen atoms in total. The summed E-state index contributed by atoms with van der Waals surface area (Å²) in [6.45, 7) is 6.17. The quantitative estimate of drug-likeness (QED) is 0.846. The van der Waals surface area contributed by atoms with Crippen LogP contribution in [0, 0.1) is 5.92 Å². The van der Waals surface area contributed by atoms with Crippen LogP contribution in [-0.4, -0.2) is 43.2 Å². The van der Waals surface area contributed by atoms with Gasteiger partial charge in [-0.3, -0.25) is 0 Å². The second-order valence-electron chi connectivity index (χ2n) is 6.10. The van der Waals surface area contributed by atoms with Crippen LogP contribution in [0.5, 0.6) is 0 Å². The number of anilines is 1. The summed E-state index contributed by atoms with van der Waals surface area (Å²) in [5.41, 5.74) is 1.73. The Morgan fingerprint density at radius 3 is 2.81 bits per heavy atom. The highest BCUT2D eigenvalue weighted by Gasteiger charge is 2.33. The molecule has 2 bridgehead atoms. The number of nitrogens with zero attached hydrogens (tertiary/aromatic N) is 1. The third-order valence-corrected chi connectivity index (χ3v) is 4.54. The molecule has 2 aliphatic heterocycles. The number of rotatable bonds is 5. The van der Waals surface area contributed by atoms with Gasteiger partial charge in [-0.05, 0) is 56.0 Å². The summed E-state index contributed by atoms with van der Waals surface area (Å²) >= 11 is 0. The van der Waals surface area contributed by atoms with Crippen LogP contribution in [0.3, 0.4) is 0 Å². The van der Waals surface area contributed by atoms with Gasteiger partial charge >= 0.3 is 5.97 Å².